The Balaban J connectivity index is 0.00000176. The van der Waals surface area contributed by atoms with Crippen LogP contribution in [0.3, 0.4) is 0 Å². The number of nitrogens with zero attached hydrogens (tertiary/aromatic N) is 3. The van der Waals surface area contributed by atoms with Gasteiger partial charge in [0.1, 0.15) is 0 Å². The van der Waals surface area contributed by atoms with E-state index in [2.05, 4.69) is 26.1 Å². The smallest absolute Gasteiger partial charge is 0.270 e. The maximum absolute atomic E-state index is 10.7. The molecule has 22 heavy (non-hydrogen) atoms. The van der Waals surface area contributed by atoms with E-state index in [0.717, 1.165) is 25.7 Å². The lowest BCUT2D eigenvalue weighted by Gasteiger charge is -2.17. The van der Waals surface area contributed by atoms with Crippen LogP contribution in [0.2, 0.25) is 0 Å². The fourth-order valence-corrected chi connectivity index (χ4v) is 3.09. The Morgan fingerprint density at radius 1 is 1.36 bits per heavy atom. The van der Waals surface area contributed by atoms with Crippen molar-refractivity contribution in [1.29, 1.82) is 0 Å². The number of benzene rings is 1. The molecule has 1 heterocycles. The summed E-state index contributed by atoms with van der Waals surface area (Å²) in [4.78, 5) is 14.6. The molecular weight excluding hydrogens is 376 g/mol. The van der Waals surface area contributed by atoms with Crippen molar-refractivity contribution in [2.45, 2.75) is 31.2 Å². The molecule has 0 radical (unpaired) electrons. The summed E-state index contributed by atoms with van der Waals surface area (Å²) in [7, 11) is 0. The van der Waals surface area contributed by atoms with Gasteiger partial charge in [0, 0.05) is 16.6 Å². The van der Waals surface area contributed by atoms with Crippen molar-refractivity contribution in [2.24, 2.45) is 5.73 Å². The molecule has 0 spiro atoms. The highest BCUT2D eigenvalue weighted by Gasteiger charge is 2.36. The third kappa shape index (κ3) is 2.99. The Morgan fingerprint density at radius 3 is 2.64 bits per heavy atom. The fraction of sp³-hybridized carbons (Fsp3) is 0.385. The third-order valence-corrected chi connectivity index (χ3v) is 4.42. The van der Waals surface area contributed by atoms with Crippen LogP contribution in [0.25, 0.3) is 11.5 Å². The molecule has 3 rings (SSSR count). The molecule has 1 fully saturated rings. The second kappa shape index (κ2) is 6.31. The van der Waals surface area contributed by atoms with Crippen LogP contribution in [-0.2, 0) is 5.54 Å². The maximum Gasteiger partial charge on any atom is 0.270 e. The number of nitrogens with two attached hydrogens (primary N) is 1. The van der Waals surface area contributed by atoms with E-state index in [9.17, 15) is 10.1 Å². The summed E-state index contributed by atoms with van der Waals surface area (Å²) in [6.07, 6.45) is 3.80. The number of hydrogen-bond acceptors (Lipinski definition) is 6. The Hall–Kier alpha value is -1.51. The number of hydrogen-bond donors (Lipinski definition) is 1. The van der Waals surface area contributed by atoms with Gasteiger partial charge in [-0.3, -0.25) is 10.1 Å². The van der Waals surface area contributed by atoms with Crippen LogP contribution in [-0.4, -0.2) is 15.1 Å². The average Bonchev–Trinajstić information content (AvgIpc) is 3.08. The molecule has 0 saturated heterocycles. The highest BCUT2D eigenvalue weighted by molar-refractivity contribution is 9.10. The molecule has 0 atom stereocenters. The molecule has 118 valence electrons. The minimum Gasteiger partial charge on any atom is -0.334 e. The van der Waals surface area contributed by atoms with E-state index >= 15 is 0 Å². The van der Waals surface area contributed by atoms with E-state index in [1.165, 1.54) is 12.1 Å². The van der Waals surface area contributed by atoms with Gasteiger partial charge in [-0.15, -0.1) is 12.4 Å². The minimum atomic E-state index is -0.519. The molecule has 1 aliphatic carbocycles. The molecule has 1 aliphatic rings. The van der Waals surface area contributed by atoms with Gasteiger partial charge in [-0.2, -0.15) is 4.98 Å². The molecule has 0 amide bonds. The normalized spacial score (nSPS) is 16.3. The van der Waals surface area contributed by atoms with Crippen molar-refractivity contribution in [3.63, 3.8) is 0 Å². The number of halogens is 2. The maximum atomic E-state index is 10.7. The SMILES string of the molecule is Cl.NC1(c2noc(-c3ccc([N+](=O)[O-])cc3Br)n2)CCCC1. The molecule has 9 heteroatoms. The van der Waals surface area contributed by atoms with Gasteiger partial charge < -0.3 is 10.3 Å². The lowest BCUT2D eigenvalue weighted by Crippen LogP contribution is -2.34. The monoisotopic (exact) mass is 388 g/mol. The van der Waals surface area contributed by atoms with Crippen LogP contribution >= 0.6 is 28.3 Å². The van der Waals surface area contributed by atoms with Gasteiger partial charge in [0.05, 0.1) is 16.0 Å². The highest BCUT2D eigenvalue weighted by atomic mass is 79.9. The summed E-state index contributed by atoms with van der Waals surface area (Å²) in [5, 5.41) is 14.7. The Bertz CT molecular complexity index is 700. The van der Waals surface area contributed by atoms with Crippen molar-refractivity contribution in [1.82, 2.24) is 10.1 Å². The van der Waals surface area contributed by atoms with Crippen molar-refractivity contribution < 1.29 is 9.45 Å². The number of non-ortho nitro benzene ring substituents is 1. The van der Waals surface area contributed by atoms with Crippen molar-refractivity contribution >= 4 is 34.0 Å². The summed E-state index contributed by atoms with van der Waals surface area (Å²) in [5.74, 6) is 0.809. The number of aromatic nitrogens is 2. The van der Waals surface area contributed by atoms with E-state index in [4.69, 9.17) is 10.3 Å². The average molecular weight is 390 g/mol. The quantitative estimate of drug-likeness (QED) is 0.635. The topological polar surface area (TPSA) is 108 Å². The zero-order valence-corrected chi connectivity index (χ0v) is 13.9. The van der Waals surface area contributed by atoms with Crippen molar-refractivity contribution in [2.75, 3.05) is 0 Å². The first-order chi connectivity index (χ1) is 9.99. The molecule has 0 unspecified atom stereocenters. The number of nitro benzene ring substituents is 1. The highest BCUT2D eigenvalue weighted by Crippen LogP contribution is 2.36. The summed E-state index contributed by atoms with van der Waals surface area (Å²) in [6, 6.07) is 4.39. The molecule has 1 aromatic heterocycles. The van der Waals surface area contributed by atoms with Gasteiger partial charge in [0.2, 0.25) is 0 Å². The van der Waals surface area contributed by atoms with Gasteiger partial charge >= 0.3 is 0 Å². The van der Waals surface area contributed by atoms with Crippen LogP contribution in [0.5, 0.6) is 0 Å². The second-order valence-corrected chi connectivity index (χ2v) is 6.06. The van der Waals surface area contributed by atoms with Crippen molar-refractivity contribution in [3.05, 3.63) is 38.6 Å². The number of nitro groups is 1. The lowest BCUT2D eigenvalue weighted by atomic mass is 9.99. The first-order valence-electron chi connectivity index (χ1n) is 6.57. The molecule has 2 N–H and O–H groups in total. The van der Waals surface area contributed by atoms with Crippen LogP contribution in [0.4, 0.5) is 5.69 Å². The molecule has 0 aliphatic heterocycles. The first kappa shape index (κ1) is 16.9. The van der Waals surface area contributed by atoms with Gasteiger partial charge in [0.15, 0.2) is 5.82 Å². The molecule has 0 bridgehead atoms. The van der Waals surface area contributed by atoms with E-state index in [-0.39, 0.29) is 18.1 Å². The van der Waals surface area contributed by atoms with E-state index in [1.807, 2.05) is 0 Å². The molecule has 2 aromatic rings. The molecule has 1 aromatic carbocycles. The van der Waals surface area contributed by atoms with Gasteiger partial charge in [-0.25, -0.2) is 0 Å². The standard InChI is InChI=1S/C13H13BrN4O3.ClH/c14-10-7-8(18(19)20)3-4-9(10)11-16-12(17-21-11)13(15)5-1-2-6-13;/h3-4,7H,1-2,5-6,15H2;1H. The van der Waals surface area contributed by atoms with Crippen LogP contribution in [0, 0.1) is 10.1 Å². The Morgan fingerprint density at radius 2 is 2.05 bits per heavy atom. The first-order valence-corrected chi connectivity index (χ1v) is 7.36. The summed E-state index contributed by atoms with van der Waals surface area (Å²) in [6.45, 7) is 0. The third-order valence-electron chi connectivity index (χ3n) is 3.76. The van der Waals surface area contributed by atoms with Gasteiger partial charge in [0.25, 0.3) is 11.6 Å². The predicted molar refractivity (Wildman–Crippen MR) is 85.7 cm³/mol. The molecule has 7 nitrogen and oxygen atoms in total. The van der Waals surface area contributed by atoms with Gasteiger partial charge in [-0.05, 0) is 34.8 Å². The predicted octanol–water partition coefficient (Wildman–Crippen LogP) is 3.56. The van der Waals surface area contributed by atoms with Crippen LogP contribution in [0.15, 0.2) is 27.2 Å². The number of rotatable bonds is 3. The summed E-state index contributed by atoms with van der Waals surface area (Å²) < 4.78 is 5.80. The summed E-state index contributed by atoms with van der Waals surface area (Å²) >= 11 is 3.29. The Kier molecular flexibility index (Phi) is 4.84. The molecule has 1 saturated carbocycles. The summed E-state index contributed by atoms with van der Waals surface area (Å²) in [5.41, 5.74) is 6.38. The fourth-order valence-electron chi connectivity index (χ4n) is 2.56. The largest absolute Gasteiger partial charge is 0.334 e. The minimum absolute atomic E-state index is 0. The van der Waals surface area contributed by atoms with E-state index in [0.29, 0.717) is 21.8 Å². The van der Waals surface area contributed by atoms with Crippen LogP contribution in [0.1, 0.15) is 31.5 Å². The van der Waals surface area contributed by atoms with E-state index in [1.54, 1.807) is 6.07 Å². The molecular formula is C13H14BrClN4O3. The van der Waals surface area contributed by atoms with E-state index < -0.39 is 10.5 Å². The zero-order valence-electron chi connectivity index (χ0n) is 11.5. The Labute approximate surface area is 141 Å². The van der Waals surface area contributed by atoms with Crippen molar-refractivity contribution in [3.8, 4) is 11.5 Å². The van der Waals surface area contributed by atoms with Gasteiger partial charge in [-0.1, -0.05) is 18.0 Å². The van der Waals surface area contributed by atoms with Crippen LogP contribution < -0.4 is 5.73 Å². The lowest BCUT2D eigenvalue weighted by molar-refractivity contribution is -0.384. The zero-order chi connectivity index (χ0) is 15.0. The second-order valence-electron chi connectivity index (χ2n) is 5.21.